The van der Waals surface area contributed by atoms with Crippen molar-refractivity contribution in [3.05, 3.63) is 67.4 Å². The third-order valence-electron chi connectivity index (χ3n) is 3.39. The lowest BCUT2D eigenvalue weighted by Crippen LogP contribution is -1.93. The lowest BCUT2D eigenvalue weighted by Gasteiger charge is -2.02. The molecule has 0 aliphatic carbocycles. The van der Waals surface area contributed by atoms with Crippen molar-refractivity contribution in [2.45, 2.75) is 0 Å². The molecular weight excluding hydrogens is 262 g/mol. The van der Waals surface area contributed by atoms with Crippen molar-refractivity contribution in [2.24, 2.45) is 0 Å². The molecule has 0 radical (unpaired) electrons. The first-order valence-electron chi connectivity index (χ1n) is 6.64. The zero-order chi connectivity index (χ0) is 14.2. The summed E-state index contributed by atoms with van der Waals surface area (Å²) in [6, 6.07) is 11.7. The van der Waals surface area contributed by atoms with Crippen molar-refractivity contribution in [1.29, 1.82) is 0 Å². The van der Waals surface area contributed by atoms with Crippen molar-refractivity contribution < 1.29 is 0 Å². The second kappa shape index (κ2) is 4.49. The summed E-state index contributed by atoms with van der Waals surface area (Å²) in [6.07, 6.45) is 9.58. The predicted molar refractivity (Wildman–Crippen MR) is 82.2 cm³/mol. The van der Waals surface area contributed by atoms with E-state index in [1.54, 1.807) is 0 Å². The molecule has 5 heteroatoms. The van der Waals surface area contributed by atoms with Crippen LogP contribution in [0.25, 0.3) is 22.7 Å². The fraction of sp³-hybridized carbons (Fsp3) is 0. The standard InChI is InChI=1S/C16H13N5/c17-13-4-6-16-19-14(11-21(16)10-13)12-3-5-15(18-9-12)20-7-1-2-8-20/h1-11H,17H2. The number of rotatable bonds is 2. The summed E-state index contributed by atoms with van der Waals surface area (Å²) >= 11 is 0. The maximum Gasteiger partial charge on any atom is 0.137 e. The second-order valence-electron chi connectivity index (χ2n) is 4.85. The third kappa shape index (κ3) is 2.04. The highest BCUT2D eigenvalue weighted by molar-refractivity contribution is 5.63. The quantitative estimate of drug-likeness (QED) is 0.612. The van der Waals surface area contributed by atoms with Gasteiger partial charge < -0.3 is 14.7 Å². The summed E-state index contributed by atoms with van der Waals surface area (Å²) in [5, 5.41) is 0. The van der Waals surface area contributed by atoms with Crippen LogP contribution in [-0.4, -0.2) is 18.9 Å². The highest BCUT2D eigenvalue weighted by Gasteiger charge is 2.05. The molecule has 0 unspecified atom stereocenters. The molecule has 0 saturated heterocycles. The summed E-state index contributed by atoms with van der Waals surface area (Å²) in [6.45, 7) is 0. The summed E-state index contributed by atoms with van der Waals surface area (Å²) in [7, 11) is 0. The number of hydrogen-bond donors (Lipinski definition) is 1. The molecule has 0 aromatic carbocycles. The number of fused-ring (bicyclic) bond motifs is 1. The molecule has 0 amide bonds. The van der Waals surface area contributed by atoms with Gasteiger partial charge in [-0.2, -0.15) is 0 Å². The average Bonchev–Trinajstić information content (AvgIpc) is 3.16. The first-order chi connectivity index (χ1) is 10.3. The molecule has 0 aliphatic heterocycles. The Bertz CT molecular complexity index is 888. The lowest BCUT2D eigenvalue weighted by atomic mass is 10.2. The number of imidazole rings is 1. The Morgan fingerprint density at radius 2 is 1.81 bits per heavy atom. The summed E-state index contributed by atoms with van der Waals surface area (Å²) in [5.41, 5.74) is 9.23. The van der Waals surface area contributed by atoms with Gasteiger partial charge >= 0.3 is 0 Å². The molecule has 0 aliphatic rings. The topological polar surface area (TPSA) is 61.1 Å². The number of pyridine rings is 2. The zero-order valence-corrected chi connectivity index (χ0v) is 11.2. The van der Waals surface area contributed by atoms with Gasteiger partial charge in [0.05, 0.1) is 5.69 Å². The van der Waals surface area contributed by atoms with E-state index in [1.165, 1.54) is 0 Å². The van der Waals surface area contributed by atoms with Crippen molar-refractivity contribution in [3.8, 4) is 17.1 Å². The lowest BCUT2D eigenvalue weighted by molar-refractivity contribution is 1.01. The maximum absolute atomic E-state index is 5.78. The van der Waals surface area contributed by atoms with E-state index in [2.05, 4.69) is 9.97 Å². The minimum absolute atomic E-state index is 0.715. The molecule has 4 aromatic rings. The number of anilines is 1. The summed E-state index contributed by atoms with van der Waals surface area (Å²) in [5.74, 6) is 0.886. The summed E-state index contributed by atoms with van der Waals surface area (Å²) < 4.78 is 3.89. The number of nitrogens with zero attached hydrogens (tertiary/aromatic N) is 4. The van der Waals surface area contributed by atoms with Crippen LogP contribution in [0.4, 0.5) is 5.69 Å². The van der Waals surface area contributed by atoms with Crippen molar-refractivity contribution in [2.75, 3.05) is 5.73 Å². The molecule has 4 heterocycles. The Balaban J connectivity index is 1.74. The van der Waals surface area contributed by atoms with Crippen LogP contribution in [0.1, 0.15) is 0 Å². The van der Waals surface area contributed by atoms with E-state index < -0.39 is 0 Å². The Morgan fingerprint density at radius 1 is 0.952 bits per heavy atom. The predicted octanol–water partition coefficient (Wildman–Crippen LogP) is 2.77. The van der Waals surface area contributed by atoms with Crippen LogP contribution in [-0.2, 0) is 0 Å². The largest absolute Gasteiger partial charge is 0.398 e. The molecule has 0 atom stereocenters. The normalized spacial score (nSPS) is 11.0. The Labute approximate surface area is 121 Å². The van der Waals surface area contributed by atoms with Crippen molar-refractivity contribution in [1.82, 2.24) is 18.9 Å². The van der Waals surface area contributed by atoms with Crippen LogP contribution in [0.5, 0.6) is 0 Å². The Kier molecular flexibility index (Phi) is 2.50. The van der Waals surface area contributed by atoms with E-state index in [9.17, 15) is 0 Å². The van der Waals surface area contributed by atoms with Crippen LogP contribution in [0, 0.1) is 0 Å². The van der Waals surface area contributed by atoms with E-state index in [0.717, 1.165) is 22.7 Å². The third-order valence-corrected chi connectivity index (χ3v) is 3.39. The van der Waals surface area contributed by atoms with Gasteiger partial charge in [-0.1, -0.05) is 0 Å². The van der Waals surface area contributed by atoms with Crippen LogP contribution >= 0.6 is 0 Å². The van der Waals surface area contributed by atoms with E-state index in [4.69, 9.17) is 5.73 Å². The summed E-state index contributed by atoms with van der Waals surface area (Å²) in [4.78, 5) is 9.05. The number of hydrogen-bond acceptors (Lipinski definition) is 3. The smallest absolute Gasteiger partial charge is 0.137 e. The van der Waals surface area contributed by atoms with Crippen LogP contribution in [0.3, 0.4) is 0 Å². The fourth-order valence-corrected chi connectivity index (χ4v) is 2.33. The molecule has 0 bridgehead atoms. The van der Waals surface area contributed by atoms with Gasteiger partial charge in [-0.3, -0.25) is 0 Å². The first-order valence-corrected chi connectivity index (χ1v) is 6.64. The Hall–Kier alpha value is -3.08. The van der Waals surface area contributed by atoms with Crippen LogP contribution in [0.15, 0.2) is 67.4 Å². The van der Waals surface area contributed by atoms with Gasteiger partial charge in [0, 0.05) is 42.2 Å². The van der Waals surface area contributed by atoms with Crippen LogP contribution in [0.2, 0.25) is 0 Å². The molecule has 21 heavy (non-hydrogen) atoms. The molecule has 4 aromatic heterocycles. The van der Waals surface area contributed by atoms with E-state index in [1.807, 2.05) is 76.4 Å². The molecule has 5 nitrogen and oxygen atoms in total. The first kappa shape index (κ1) is 11.7. The fourth-order valence-electron chi connectivity index (χ4n) is 2.33. The molecule has 0 spiro atoms. The van der Waals surface area contributed by atoms with Crippen molar-refractivity contribution in [3.63, 3.8) is 0 Å². The van der Waals surface area contributed by atoms with Gasteiger partial charge in [0.1, 0.15) is 11.5 Å². The van der Waals surface area contributed by atoms with Crippen molar-refractivity contribution >= 4 is 11.3 Å². The van der Waals surface area contributed by atoms with Gasteiger partial charge in [0.15, 0.2) is 0 Å². The highest BCUT2D eigenvalue weighted by atomic mass is 15.0. The molecule has 0 fully saturated rings. The van der Waals surface area contributed by atoms with Gasteiger partial charge in [-0.25, -0.2) is 9.97 Å². The van der Waals surface area contributed by atoms with Crippen LogP contribution < -0.4 is 5.73 Å². The molecular formula is C16H13N5. The van der Waals surface area contributed by atoms with E-state index in [-0.39, 0.29) is 0 Å². The van der Waals surface area contributed by atoms with Gasteiger partial charge in [0.25, 0.3) is 0 Å². The highest BCUT2D eigenvalue weighted by Crippen LogP contribution is 2.20. The molecule has 0 saturated carbocycles. The van der Waals surface area contributed by atoms with E-state index >= 15 is 0 Å². The SMILES string of the molecule is Nc1ccc2nc(-c3ccc(-n4cccc4)nc3)cn2c1. The van der Waals surface area contributed by atoms with Gasteiger partial charge in [-0.05, 0) is 36.4 Å². The Morgan fingerprint density at radius 3 is 2.57 bits per heavy atom. The number of aromatic nitrogens is 4. The zero-order valence-electron chi connectivity index (χ0n) is 11.2. The number of nitrogen functional groups attached to an aromatic ring is 1. The average molecular weight is 275 g/mol. The maximum atomic E-state index is 5.78. The van der Waals surface area contributed by atoms with Gasteiger partial charge in [-0.15, -0.1) is 0 Å². The molecule has 4 rings (SSSR count). The van der Waals surface area contributed by atoms with E-state index in [0.29, 0.717) is 5.69 Å². The molecule has 102 valence electrons. The second-order valence-corrected chi connectivity index (χ2v) is 4.85. The molecule has 2 N–H and O–H groups in total. The minimum Gasteiger partial charge on any atom is -0.398 e. The minimum atomic E-state index is 0.715. The number of nitrogens with two attached hydrogens (primary N) is 1. The van der Waals surface area contributed by atoms with Gasteiger partial charge in [0.2, 0.25) is 0 Å². The monoisotopic (exact) mass is 275 g/mol.